The number of benzene rings is 7. The first-order chi connectivity index (χ1) is 24.8. The summed E-state index contributed by atoms with van der Waals surface area (Å²) in [4.78, 5) is 10.5. The van der Waals surface area contributed by atoms with E-state index in [1.807, 2.05) is 47.7 Å². The molecule has 236 valence electrons. The summed E-state index contributed by atoms with van der Waals surface area (Å²) in [6, 6.07) is 60.3. The lowest BCUT2D eigenvalue weighted by Crippen LogP contribution is -2.36. The van der Waals surface area contributed by atoms with Crippen LogP contribution >= 0.6 is 11.3 Å². The molecule has 0 bridgehead atoms. The van der Waals surface area contributed by atoms with Crippen molar-refractivity contribution in [2.45, 2.75) is 6.17 Å². The Kier molecular flexibility index (Phi) is 6.71. The minimum Gasteiger partial charge on any atom is -0.324 e. The largest absolute Gasteiger partial charge is 0.324 e. The summed E-state index contributed by atoms with van der Waals surface area (Å²) in [5.74, 6) is 1.65. The van der Waals surface area contributed by atoms with E-state index in [0.717, 1.165) is 28.4 Å². The van der Waals surface area contributed by atoms with Crippen molar-refractivity contribution in [3.05, 3.63) is 187 Å². The molecule has 3 heterocycles. The Balaban J connectivity index is 1.14. The molecule has 4 nitrogen and oxygen atoms in total. The van der Waals surface area contributed by atoms with Crippen LogP contribution < -0.4 is 5.32 Å². The van der Waals surface area contributed by atoms with Gasteiger partial charge in [0.05, 0.1) is 11.0 Å². The minimum atomic E-state index is -0.396. The molecule has 50 heavy (non-hydrogen) atoms. The summed E-state index contributed by atoms with van der Waals surface area (Å²) >= 11 is 1.83. The van der Waals surface area contributed by atoms with Crippen molar-refractivity contribution in [3.63, 3.8) is 0 Å². The van der Waals surface area contributed by atoms with E-state index in [1.165, 1.54) is 58.8 Å². The highest BCUT2D eigenvalue weighted by Crippen LogP contribution is 2.42. The smallest absolute Gasteiger partial charge is 0.170 e. The molecule has 0 saturated heterocycles. The van der Waals surface area contributed by atoms with Gasteiger partial charge in [-0.1, -0.05) is 121 Å². The van der Waals surface area contributed by atoms with Gasteiger partial charge in [0, 0.05) is 53.3 Å². The van der Waals surface area contributed by atoms with E-state index in [9.17, 15) is 0 Å². The van der Waals surface area contributed by atoms with Crippen LogP contribution in [0.5, 0.6) is 0 Å². The molecule has 1 N–H and O–H groups in total. The lowest BCUT2D eigenvalue weighted by molar-refractivity contribution is 0.763. The van der Waals surface area contributed by atoms with Crippen LogP contribution in [0.4, 0.5) is 0 Å². The molecule has 0 atom stereocenters. The Bertz CT molecular complexity index is 2720. The van der Waals surface area contributed by atoms with Crippen molar-refractivity contribution in [2.24, 2.45) is 9.98 Å². The van der Waals surface area contributed by atoms with E-state index in [-0.39, 0.29) is 0 Å². The van der Waals surface area contributed by atoms with Gasteiger partial charge in [-0.05, 0) is 59.7 Å². The number of aliphatic imine (C=N–C) groups is 2. The van der Waals surface area contributed by atoms with Crippen LogP contribution in [0.25, 0.3) is 58.8 Å². The molecule has 5 heteroatoms. The van der Waals surface area contributed by atoms with Crippen LogP contribution in [0.15, 0.2) is 180 Å². The Morgan fingerprint density at radius 1 is 0.460 bits per heavy atom. The monoisotopic (exact) mass is 658 g/mol. The summed E-state index contributed by atoms with van der Waals surface area (Å²) in [7, 11) is 0. The molecule has 2 aromatic heterocycles. The van der Waals surface area contributed by atoms with Crippen molar-refractivity contribution in [2.75, 3.05) is 0 Å². The van der Waals surface area contributed by atoms with Crippen molar-refractivity contribution >= 4 is 65.0 Å². The lowest BCUT2D eigenvalue weighted by atomic mass is 9.98. The van der Waals surface area contributed by atoms with Gasteiger partial charge in [0.15, 0.2) is 6.17 Å². The normalized spacial score (nSPS) is 13.5. The lowest BCUT2D eigenvalue weighted by Gasteiger charge is -2.23. The van der Waals surface area contributed by atoms with Gasteiger partial charge in [-0.25, -0.2) is 9.98 Å². The number of hydrogen-bond acceptors (Lipinski definition) is 4. The van der Waals surface area contributed by atoms with Gasteiger partial charge in [0.2, 0.25) is 0 Å². The van der Waals surface area contributed by atoms with Crippen molar-refractivity contribution in [1.29, 1.82) is 0 Å². The van der Waals surface area contributed by atoms with Gasteiger partial charge in [-0.3, -0.25) is 0 Å². The molecule has 0 amide bonds. The second-order valence-electron chi connectivity index (χ2n) is 12.6. The van der Waals surface area contributed by atoms with Gasteiger partial charge in [-0.15, -0.1) is 11.3 Å². The Morgan fingerprint density at radius 3 is 1.78 bits per heavy atom. The van der Waals surface area contributed by atoms with E-state index in [2.05, 4.69) is 143 Å². The molecule has 9 aromatic rings. The zero-order valence-electron chi connectivity index (χ0n) is 27.0. The third-order valence-corrected chi connectivity index (χ3v) is 10.8. The van der Waals surface area contributed by atoms with E-state index in [4.69, 9.17) is 9.98 Å². The summed E-state index contributed by atoms with van der Waals surface area (Å²) in [5, 5.41) is 8.49. The van der Waals surface area contributed by atoms with E-state index >= 15 is 0 Å². The van der Waals surface area contributed by atoms with Crippen molar-refractivity contribution in [3.8, 4) is 16.8 Å². The maximum absolute atomic E-state index is 5.23. The molecule has 10 rings (SSSR count). The molecule has 0 saturated carbocycles. The quantitative estimate of drug-likeness (QED) is 0.196. The fraction of sp³-hybridized carbons (Fsp3) is 0.0222. The van der Waals surface area contributed by atoms with Gasteiger partial charge >= 0.3 is 0 Å². The molecule has 1 aliphatic heterocycles. The number of para-hydroxylation sites is 2. The number of rotatable bonds is 5. The number of nitrogens with zero attached hydrogens (tertiary/aromatic N) is 3. The molecule has 0 radical (unpaired) electrons. The zero-order chi connectivity index (χ0) is 33.0. The number of nitrogens with one attached hydrogen (secondary N) is 1. The van der Waals surface area contributed by atoms with Gasteiger partial charge < -0.3 is 9.88 Å². The third kappa shape index (κ3) is 4.74. The minimum absolute atomic E-state index is 0.396. The van der Waals surface area contributed by atoms with E-state index < -0.39 is 6.17 Å². The summed E-state index contributed by atoms with van der Waals surface area (Å²) in [6.45, 7) is 0. The zero-order valence-corrected chi connectivity index (χ0v) is 27.8. The molecular formula is C45H30N4S. The number of hydrogen-bond donors (Lipinski definition) is 1. The maximum atomic E-state index is 5.23. The molecule has 7 aromatic carbocycles. The number of fused-ring (bicyclic) bond motifs is 6. The standard InChI is InChI=1S/C45H30N4S/c1-4-13-29(14-5-1)43-46-44(30-15-6-2-7-16-30)48-45(47-43)35-20-12-22-41-42(35)37-28-32(24-26-40(37)50-41)31-23-25-39-36(27-31)34-19-10-11-21-38(34)49(39)33-17-8-3-9-18-33/h1-28,45H,(H,46,47,48). The van der Waals surface area contributed by atoms with Crippen LogP contribution in [-0.2, 0) is 0 Å². The highest BCUT2D eigenvalue weighted by molar-refractivity contribution is 7.25. The average Bonchev–Trinajstić information content (AvgIpc) is 3.74. The van der Waals surface area contributed by atoms with Crippen LogP contribution in [0.2, 0.25) is 0 Å². The van der Waals surface area contributed by atoms with Crippen molar-refractivity contribution < 1.29 is 0 Å². The predicted octanol–water partition coefficient (Wildman–Crippen LogP) is 11.3. The van der Waals surface area contributed by atoms with E-state index in [0.29, 0.717) is 0 Å². The van der Waals surface area contributed by atoms with Crippen molar-refractivity contribution in [1.82, 2.24) is 9.88 Å². The van der Waals surface area contributed by atoms with Crippen LogP contribution in [-0.4, -0.2) is 16.2 Å². The van der Waals surface area contributed by atoms with Gasteiger partial charge in [0.1, 0.15) is 11.7 Å². The number of amidine groups is 2. The number of aromatic nitrogens is 1. The first-order valence-corrected chi connectivity index (χ1v) is 17.7. The molecule has 0 aliphatic carbocycles. The first kappa shape index (κ1) is 28.7. The molecule has 0 spiro atoms. The highest BCUT2D eigenvalue weighted by atomic mass is 32.1. The summed E-state index contributed by atoms with van der Waals surface area (Å²) < 4.78 is 4.86. The third-order valence-electron chi connectivity index (χ3n) is 9.66. The fourth-order valence-corrected chi connectivity index (χ4v) is 8.45. The molecule has 1 aliphatic rings. The predicted molar refractivity (Wildman–Crippen MR) is 211 cm³/mol. The highest BCUT2D eigenvalue weighted by Gasteiger charge is 2.24. The fourth-order valence-electron chi connectivity index (χ4n) is 7.33. The van der Waals surface area contributed by atoms with Gasteiger partial charge in [0.25, 0.3) is 0 Å². The van der Waals surface area contributed by atoms with Crippen LogP contribution in [0, 0.1) is 0 Å². The average molecular weight is 659 g/mol. The maximum Gasteiger partial charge on any atom is 0.170 e. The Labute approximate surface area is 293 Å². The number of thiophene rings is 1. The van der Waals surface area contributed by atoms with Crippen LogP contribution in [0.3, 0.4) is 0 Å². The first-order valence-electron chi connectivity index (χ1n) is 16.9. The molecule has 0 fully saturated rings. The summed E-state index contributed by atoms with van der Waals surface area (Å²) in [5.41, 5.74) is 9.15. The summed E-state index contributed by atoms with van der Waals surface area (Å²) in [6.07, 6.45) is -0.396. The topological polar surface area (TPSA) is 41.7 Å². The second-order valence-corrected chi connectivity index (χ2v) is 13.7. The van der Waals surface area contributed by atoms with Gasteiger partial charge in [-0.2, -0.15) is 0 Å². The van der Waals surface area contributed by atoms with Crippen LogP contribution in [0.1, 0.15) is 22.9 Å². The molecule has 0 unspecified atom stereocenters. The Morgan fingerprint density at radius 2 is 1.06 bits per heavy atom. The SMILES string of the molecule is c1ccc(C2=NC(c3cccc4sc5ccc(-c6ccc7c(c6)c6ccccc6n7-c6ccccc6)cc5c34)N=C(c3ccccc3)N2)cc1. The van der Waals surface area contributed by atoms with E-state index in [1.54, 1.807) is 0 Å². The Hall–Kier alpha value is -6.30. The molecular weight excluding hydrogens is 629 g/mol. The second kappa shape index (κ2) is 11.7.